The SMILES string of the molecule is Cc1cc(NC(=O)CN2CCc3[nH]cnc3C2c2ccccn2)no1. The van der Waals surface area contributed by atoms with E-state index in [1.54, 1.807) is 25.5 Å². The van der Waals surface area contributed by atoms with Gasteiger partial charge in [0.1, 0.15) is 5.76 Å². The smallest absolute Gasteiger partial charge is 0.239 e. The quantitative estimate of drug-likeness (QED) is 0.751. The van der Waals surface area contributed by atoms with Crippen molar-refractivity contribution >= 4 is 11.7 Å². The molecule has 1 aliphatic rings. The Morgan fingerprint density at radius 3 is 3.12 bits per heavy atom. The van der Waals surface area contributed by atoms with E-state index in [0.29, 0.717) is 11.6 Å². The maximum absolute atomic E-state index is 12.4. The molecule has 0 aromatic carbocycles. The van der Waals surface area contributed by atoms with Crippen LogP contribution in [0, 0.1) is 6.92 Å². The molecule has 8 nitrogen and oxygen atoms in total. The second kappa shape index (κ2) is 6.48. The Hall–Kier alpha value is -3.00. The number of hydrogen-bond acceptors (Lipinski definition) is 6. The average molecular weight is 338 g/mol. The first kappa shape index (κ1) is 15.5. The van der Waals surface area contributed by atoms with Crippen LogP contribution in [0.4, 0.5) is 5.82 Å². The van der Waals surface area contributed by atoms with E-state index in [0.717, 1.165) is 30.0 Å². The second-order valence-electron chi connectivity index (χ2n) is 6.01. The maximum atomic E-state index is 12.4. The molecule has 0 radical (unpaired) electrons. The fourth-order valence-electron chi connectivity index (χ4n) is 3.15. The first-order chi connectivity index (χ1) is 12.2. The third kappa shape index (κ3) is 3.16. The largest absolute Gasteiger partial charge is 0.360 e. The Bertz CT molecular complexity index is 872. The molecule has 1 atom stereocenters. The zero-order chi connectivity index (χ0) is 17.2. The second-order valence-corrected chi connectivity index (χ2v) is 6.01. The normalized spacial score (nSPS) is 17.2. The van der Waals surface area contributed by atoms with Crippen molar-refractivity contribution in [3.63, 3.8) is 0 Å². The van der Waals surface area contributed by atoms with Gasteiger partial charge in [0.05, 0.1) is 30.3 Å². The van der Waals surface area contributed by atoms with E-state index in [1.165, 1.54) is 0 Å². The first-order valence-corrected chi connectivity index (χ1v) is 8.11. The van der Waals surface area contributed by atoms with Crippen molar-refractivity contribution in [2.45, 2.75) is 19.4 Å². The number of fused-ring (bicyclic) bond motifs is 1. The van der Waals surface area contributed by atoms with Gasteiger partial charge in [-0.15, -0.1) is 0 Å². The number of carbonyl (C=O) groups is 1. The van der Waals surface area contributed by atoms with Crippen LogP contribution in [0.2, 0.25) is 0 Å². The van der Waals surface area contributed by atoms with E-state index in [1.807, 2.05) is 18.2 Å². The lowest BCUT2D eigenvalue weighted by atomic mass is 9.99. The summed E-state index contributed by atoms with van der Waals surface area (Å²) < 4.78 is 4.98. The van der Waals surface area contributed by atoms with Crippen LogP contribution in [0.15, 0.2) is 41.3 Å². The van der Waals surface area contributed by atoms with Crippen molar-refractivity contribution in [2.24, 2.45) is 0 Å². The zero-order valence-electron chi connectivity index (χ0n) is 13.8. The first-order valence-electron chi connectivity index (χ1n) is 8.11. The Morgan fingerprint density at radius 1 is 1.44 bits per heavy atom. The fraction of sp³-hybridized carbons (Fsp3) is 0.294. The lowest BCUT2D eigenvalue weighted by molar-refractivity contribution is -0.117. The van der Waals surface area contributed by atoms with Crippen LogP contribution in [0.25, 0.3) is 0 Å². The van der Waals surface area contributed by atoms with Gasteiger partial charge in [-0.1, -0.05) is 11.2 Å². The Balaban J connectivity index is 1.56. The van der Waals surface area contributed by atoms with Crippen LogP contribution in [0.5, 0.6) is 0 Å². The van der Waals surface area contributed by atoms with Gasteiger partial charge in [-0.05, 0) is 19.1 Å². The van der Waals surface area contributed by atoms with E-state index in [-0.39, 0.29) is 18.5 Å². The summed E-state index contributed by atoms with van der Waals surface area (Å²) >= 11 is 0. The van der Waals surface area contributed by atoms with Crippen molar-refractivity contribution in [2.75, 3.05) is 18.4 Å². The number of hydrogen-bond donors (Lipinski definition) is 2. The summed E-state index contributed by atoms with van der Waals surface area (Å²) in [6.07, 6.45) is 4.27. The number of H-pyrrole nitrogens is 1. The molecule has 3 aromatic rings. The van der Waals surface area contributed by atoms with Gasteiger partial charge in [-0.3, -0.25) is 14.7 Å². The molecule has 4 rings (SSSR count). The van der Waals surface area contributed by atoms with Gasteiger partial charge in [0.15, 0.2) is 5.82 Å². The molecule has 0 fully saturated rings. The molecule has 8 heteroatoms. The van der Waals surface area contributed by atoms with Gasteiger partial charge in [-0.2, -0.15) is 0 Å². The molecule has 0 saturated heterocycles. The number of pyridine rings is 1. The Labute approximate surface area is 144 Å². The van der Waals surface area contributed by atoms with Crippen LogP contribution in [-0.4, -0.2) is 44.0 Å². The van der Waals surface area contributed by atoms with Gasteiger partial charge < -0.3 is 14.8 Å². The standard InChI is InChI=1S/C17H18N6O2/c1-11-8-14(22-25-11)21-15(24)9-23-7-5-12-16(20-10-19-12)17(23)13-4-2-3-6-18-13/h2-4,6,8,10,17H,5,7,9H2,1H3,(H,19,20)(H,21,22,24). The van der Waals surface area contributed by atoms with E-state index in [2.05, 4.69) is 30.3 Å². The molecule has 0 spiro atoms. The van der Waals surface area contributed by atoms with Crippen molar-refractivity contribution < 1.29 is 9.32 Å². The van der Waals surface area contributed by atoms with Crippen molar-refractivity contribution in [1.29, 1.82) is 0 Å². The number of nitrogens with one attached hydrogen (secondary N) is 2. The van der Waals surface area contributed by atoms with Crippen LogP contribution in [0.1, 0.15) is 28.9 Å². The third-order valence-electron chi connectivity index (χ3n) is 4.23. The number of carbonyl (C=O) groups excluding carboxylic acids is 1. The molecule has 1 amide bonds. The predicted molar refractivity (Wildman–Crippen MR) is 89.8 cm³/mol. The molecule has 0 saturated carbocycles. The van der Waals surface area contributed by atoms with E-state index in [4.69, 9.17) is 4.52 Å². The fourth-order valence-corrected chi connectivity index (χ4v) is 3.15. The molecule has 1 unspecified atom stereocenters. The predicted octanol–water partition coefficient (Wildman–Crippen LogP) is 1.69. The van der Waals surface area contributed by atoms with Gasteiger partial charge in [0.2, 0.25) is 5.91 Å². The summed E-state index contributed by atoms with van der Waals surface area (Å²) in [7, 11) is 0. The molecule has 3 aromatic heterocycles. The minimum absolute atomic E-state index is 0.145. The maximum Gasteiger partial charge on any atom is 0.239 e. The lowest BCUT2D eigenvalue weighted by Gasteiger charge is -2.33. The number of aromatic nitrogens is 4. The van der Waals surface area contributed by atoms with Crippen LogP contribution >= 0.6 is 0 Å². The number of aryl methyl sites for hydroxylation is 1. The minimum Gasteiger partial charge on any atom is -0.360 e. The minimum atomic E-state index is -0.152. The molecule has 0 bridgehead atoms. The number of anilines is 1. The van der Waals surface area contributed by atoms with Crippen molar-refractivity contribution in [1.82, 2.24) is 25.0 Å². The van der Waals surface area contributed by atoms with Crippen LogP contribution in [-0.2, 0) is 11.2 Å². The highest BCUT2D eigenvalue weighted by Crippen LogP contribution is 2.31. The van der Waals surface area contributed by atoms with Gasteiger partial charge in [-0.25, -0.2) is 4.98 Å². The molecule has 1 aliphatic heterocycles. The number of rotatable bonds is 4. The number of imidazole rings is 1. The van der Waals surface area contributed by atoms with Crippen LogP contribution in [0.3, 0.4) is 0 Å². The van der Waals surface area contributed by atoms with Crippen molar-refractivity contribution in [3.05, 3.63) is 59.6 Å². The summed E-state index contributed by atoms with van der Waals surface area (Å²) in [5, 5.41) is 6.56. The van der Waals surface area contributed by atoms with E-state index < -0.39 is 0 Å². The topological polar surface area (TPSA) is 99.9 Å². The highest BCUT2D eigenvalue weighted by atomic mass is 16.5. The summed E-state index contributed by atoms with van der Waals surface area (Å²) in [5.41, 5.74) is 2.90. The summed E-state index contributed by atoms with van der Waals surface area (Å²) in [6.45, 7) is 2.74. The molecule has 128 valence electrons. The number of nitrogens with zero attached hydrogens (tertiary/aromatic N) is 4. The van der Waals surface area contributed by atoms with Gasteiger partial charge in [0, 0.05) is 30.9 Å². The summed E-state index contributed by atoms with van der Waals surface area (Å²) in [4.78, 5) is 26.6. The summed E-state index contributed by atoms with van der Waals surface area (Å²) in [6, 6.07) is 7.32. The molecule has 4 heterocycles. The summed E-state index contributed by atoms with van der Waals surface area (Å²) in [5.74, 6) is 0.934. The number of amides is 1. The van der Waals surface area contributed by atoms with E-state index >= 15 is 0 Å². The monoisotopic (exact) mass is 338 g/mol. The van der Waals surface area contributed by atoms with Crippen LogP contribution < -0.4 is 5.32 Å². The van der Waals surface area contributed by atoms with E-state index in [9.17, 15) is 4.79 Å². The zero-order valence-corrected chi connectivity index (χ0v) is 13.8. The molecule has 2 N–H and O–H groups in total. The average Bonchev–Trinajstić information content (AvgIpc) is 3.24. The Morgan fingerprint density at radius 2 is 2.36 bits per heavy atom. The number of aromatic amines is 1. The molecular formula is C17H18N6O2. The molecule has 25 heavy (non-hydrogen) atoms. The lowest BCUT2D eigenvalue weighted by Crippen LogP contribution is -2.41. The highest BCUT2D eigenvalue weighted by Gasteiger charge is 2.32. The molecule has 0 aliphatic carbocycles. The van der Waals surface area contributed by atoms with Gasteiger partial charge in [0.25, 0.3) is 0 Å². The Kier molecular flexibility index (Phi) is 4.02. The molecular weight excluding hydrogens is 320 g/mol. The third-order valence-corrected chi connectivity index (χ3v) is 4.23. The van der Waals surface area contributed by atoms with Gasteiger partial charge >= 0.3 is 0 Å². The highest BCUT2D eigenvalue weighted by molar-refractivity contribution is 5.91. The van der Waals surface area contributed by atoms with Crippen molar-refractivity contribution in [3.8, 4) is 0 Å².